The summed E-state index contributed by atoms with van der Waals surface area (Å²) >= 11 is 0. The lowest BCUT2D eigenvalue weighted by Crippen LogP contribution is -2.51. The monoisotopic (exact) mass is 393 g/mol. The van der Waals surface area contributed by atoms with Gasteiger partial charge in [-0.1, -0.05) is 18.2 Å². The predicted octanol–water partition coefficient (Wildman–Crippen LogP) is 3.10. The zero-order valence-electron chi connectivity index (χ0n) is 17.6. The third kappa shape index (κ3) is 4.73. The Balaban J connectivity index is 1.31. The molecule has 0 aromatic heterocycles. The van der Waals surface area contributed by atoms with Crippen molar-refractivity contribution in [2.45, 2.75) is 26.8 Å². The number of benzene rings is 2. The average molecular weight is 394 g/mol. The molecule has 0 saturated carbocycles. The Labute approximate surface area is 173 Å². The van der Waals surface area contributed by atoms with Crippen molar-refractivity contribution in [1.29, 1.82) is 0 Å². The second kappa shape index (κ2) is 8.87. The summed E-state index contributed by atoms with van der Waals surface area (Å²) < 4.78 is 5.64. The van der Waals surface area contributed by atoms with Crippen molar-refractivity contribution in [3.05, 3.63) is 59.2 Å². The van der Waals surface area contributed by atoms with Gasteiger partial charge in [0.25, 0.3) is 0 Å². The zero-order valence-corrected chi connectivity index (χ0v) is 17.6. The van der Waals surface area contributed by atoms with Gasteiger partial charge in [-0.05, 0) is 61.2 Å². The molecule has 1 amide bonds. The molecule has 2 aliphatic rings. The van der Waals surface area contributed by atoms with Crippen molar-refractivity contribution in [2.75, 3.05) is 50.8 Å². The highest BCUT2D eigenvalue weighted by Gasteiger charge is 2.25. The number of amides is 1. The molecule has 29 heavy (non-hydrogen) atoms. The number of nitrogens with zero attached hydrogens (tertiary/aromatic N) is 3. The highest BCUT2D eigenvalue weighted by atomic mass is 16.5. The standard InChI is InChI=1S/C24H31N3O2/c1-3-29-23-8-7-20-9-10-25(17-21(20)16-23)18-24(28)27-13-11-26(12-14-27)22-6-4-5-19(2)15-22/h4-8,15-16H,3,9-14,17-18H2,1-2H3. The van der Waals surface area contributed by atoms with Crippen LogP contribution in [0.4, 0.5) is 5.69 Å². The van der Waals surface area contributed by atoms with Gasteiger partial charge in [0.1, 0.15) is 5.75 Å². The summed E-state index contributed by atoms with van der Waals surface area (Å²) in [6, 6.07) is 15.0. The van der Waals surface area contributed by atoms with Gasteiger partial charge >= 0.3 is 0 Å². The molecule has 2 heterocycles. The van der Waals surface area contributed by atoms with Gasteiger partial charge in [-0.15, -0.1) is 0 Å². The topological polar surface area (TPSA) is 36.0 Å². The fourth-order valence-corrected chi connectivity index (χ4v) is 4.31. The minimum atomic E-state index is 0.248. The lowest BCUT2D eigenvalue weighted by Gasteiger charge is -2.37. The number of anilines is 1. The molecule has 0 radical (unpaired) electrons. The van der Waals surface area contributed by atoms with Gasteiger partial charge in [0, 0.05) is 45.0 Å². The average Bonchev–Trinajstić information content (AvgIpc) is 2.74. The maximum Gasteiger partial charge on any atom is 0.236 e. The normalized spacial score (nSPS) is 17.2. The first-order valence-electron chi connectivity index (χ1n) is 10.7. The van der Waals surface area contributed by atoms with Crippen LogP contribution in [0.15, 0.2) is 42.5 Å². The molecule has 2 aliphatic heterocycles. The van der Waals surface area contributed by atoms with Crippen LogP contribution in [0.2, 0.25) is 0 Å². The molecule has 5 heteroatoms. The second-order valence-electron chi connectivity index (χ2n) is 8.03. The maximum absolute atomic E-state index is 12.9. The van der Waals surface area contributed by atoms with E-state index >= 15 is 0 Å². The lowest BCUT2D eigenvalue weighted by molar-refractivity contribution is -0.132. The zero-order chi connectivity index (χ0) is 20.2. The molecular formula is C24H31N3O2. The van der Waals surface area contributed by atoms with Crippen molar-refractivity contribution in [3.63, 3.8) is 0 Å². The van der Waals surface area contributed by atoms with Crippen molar-refractivity contribution >= 4 is 11.6 Å². The molecule has 0 bridgehead atoms. The molecule has 0 N–H and O–H groups in total. The third-order valence-corrected chi connectivity index (χ3v) is 5.94. The molecule has 0 unspecified atom stereocenters. The van der Waals surface area contributed by atoms with E-state index in [-0.39, 0.29) is 5.91 Å². The van der Waals surface area contributed by atoms with Crippen LogP contribution in [-0.2, 0) is 17.8 Å². The van der Waals surface area contributed by atoms with Crippen molar-refractivity contribution in [3.8, 4) is 5.75 Å². The number of carbonyl (C=O) groups is 1. The van der Waals surface area contributed by atoms with Crippen molar-refractivity contribution in [1.82, 2.24) is 9.80 Å². The molecule has 1 fully saturated rings. The molecule has 5 nitrogen and oxygen atoms in total. The fraction of sp³-hybridized carbons (Fsp3) is 0.458. The van der Waals surface area contributed by atoms with E-state index in [0.717, 1.165) is 51.4 Å². The number of carbonyl (C=O) groups excluding carboxylic acids is 1. The molecule has 2 aromatic rings. The van der Waals surface area contributed by atoms with Crippen molar-refractivity contribution < 1.29 is 9.53 Å². The number of aryl methyl sites for hydroxylation is 1. The SMILES string of the molecule is CCOc1ccc2c(c1)CN(CC(=O)N1CCN(c3cccc(C)c3)CC1)CC2. The number of ether oxygens (including phenoxy) is 1. The van der Waals surface area contributed by atoms with E-state index in [1.807, 2.05) is 11.8 Å². The number of hydrogen-bond acceptors (Lipinski definition) is 4. The van der Waals surface area contributed by atoms with Crippen LogP contribution in [0.25, 0.3) is 0 Å². The number of rotatable bonds is 5. The van der Waals surface area contributed by atoms with Gasteiger partial charge in [-0.3, -0.25) is 9.69 Å². The van der Waals surface area contributed by atoms with Crippen LogP contribution < -0.4 is 9.64 Å². The minimum Gasteiger partial charge on any atom is -0.494 e. The summed E-state index contributed by atoms with van der Waals surface area (Å²) in [5.74, 6) is 1.17. The summed E-state index contributed by atoms with van der Waals surface area (Å²) in [6.45, 7) is 10.5. The van der Waals surface area contributed by atoms with Gasteiger partial charge in [-0.25, -0.2) is 0 Å². The first-order valence-corrected chi connectivity index (χ1v) is 10.7. The highest BCUT2D eigenvalue weighted by Crippen LogP contribution is 2.24. The summed E-state index contributed by atoms with van der Waals surface area (Å²) in [7, 11) is 0. The maximum atomic E-state index is 12.9. The second-order valence-corrected chi connectivity index (χ2v) is 8.03. The fourth-order valence-electron chi connectivity index (χ4n) is 4.31. The molecule has 0 aliphatic carbocycles. The smallest absolute Gasteiger partial charge is 0.236 e. The Morgan fingerprint density at radius 1 is 1.00 bits per heavy atom. The van der Waals surface area contributed by atoms with Gasteiger partial charge < -0.3 is 14.5 Å². The number of fused-ring (bicyclic) bond motifs is 1. The molecule has 1 saturated heterocycles. The van der Waals surface area contributed by atoms with Crippen LogP contribution in [0.3, 0.4) is 0 Å². The third-order valence-electron chi connectivity index (χ3n) is 5.94. The minimum absolute atomic E-state index is 0.248. The van der Waals surface area contributed by atoms with E-state index in [0.29, 0.717) is 13.2 Å². The van der Waals surface area contributed by atoms with E-state index in [1.54, 1.807) is 0 Å². The summed E-state index contributed by atoms with van der Waals surface area (Å²) in [5, 5.41) is 0. The van der Waals surface area contributed by atoms with Gasteiger partial charge in [0.05, 0.1) is 13.2 Å². The Kier molecular flexibility index (Phi) is 6.05. The van der Waals surface area contributed by atoms with Crippen LogP contribution in [-0.4, -0.2) is 61.6 Å². The quantitative estimate of drug-likeness (QED) is 0.782. The highest BCUT2D eigenvalue weighted by molar-refractivity contribution is 5.78. The summed E-state index contributed by atoms with van der Waals surface area (Å²) in [4.78, 5) is 19.6. The Hall–Kier alpha value is -2.53. The van der Waals surface area contributed by atoms with Gasteiger partial charge in [0.15, 0.2) is 0 Å². The van der Waals surface area contributed by atoms with Crippen LogP contribution in [0.5, 0.6) is 5.75 Å². The summed E-state index contributed by atoms with van der Waals surface area (Å²) in [6.07, 6.45) is 0.996. The van der Waals surface area contributed by atoms with Gasteiger partial charge in [-0.2, -0.15) is 0 Å². The molecule has 154 valence electrons. The number of piperazine rings is 1. The Morgan fingerprint density at radius 3 is 2.59 bits per heavy atom. The molecule has 2 aromatic carbocycles. The van der Waals surface area contributed by atoms with Crippen LogP contribution in [0.1, 0.15) is 23.6 Å². The number of hydrogen-bond donors (Lipinski definition) is 0. The first-order chi connectivity index (χ1) is 14.1. The largest absolute Gasteiger partial charge is 0.494 e. The molecule has 0 spiro atoms. The lowest BCUT2D eigenvalue weighted by atomic mass is 9.99. The van der Waals surface area contributed by atoms with Crippen molar-refractivity contribution in [2.24, 2.45) is 0 Å². The first kappa shape index (κ1) is 19.8. The van der Waals surface area contributed by atoms with E-state index in [9.17, 15) is 4.79 Å². The van der Waals surface area contributed by atoms with E-state index in [4.69, 9.17) is 4.74 Å². The van der Waals surface area contributed by atoms with Crippen LogP contribution >= 0.6 is 0 Å². The van der Waals surface area contributed by atoms with E-state index in [1.165, 1.54) is 22.4 Å². The molecular weight excluding hydrogens is 362 g/mol. The Bertz CT molecular complexity index is 859. The molecule has 4 rings (SSSR count). The van der Waals surface area contributed by atoms with Gasteiger partial charge in [0.2, 0.25) is 5.91 Å². The van der Waals surface area contributed by atoms with Crippen LogP contribution in [0, 0.1) is 6.92 Å². The summed E-state index contributed by atoms with van der Waals surface area (Å²) in [5.41, 5.74) is 5.21. The molecule has 0 atom stereocenters. The van der Waals surface area contributed by atoms with E-state index < -0.39 is 0 Å². The predicted molar refractivity (Wildman–Crippen MR) is 117 cm³/mol. The Morgan fingerprint density at radius 2 is 1.83 bits per heavy atom. The van der Waals surface area contributed by atoms with E-state index in [2.05, 4.69) is 59.2 Å².